The van der Waals surface area contributed by atoms with E-state index in [4.69, 9.17) is 0 Å². The number of hydrogen-bond donors (Lipinski definition) is 2. The molecule has 1 aromatic rings. The second-order valence-corrected chi connectivity index (χ2v) is 6.82. The number of amides is 1. The Morgan fingerprint density at radius 2 is 2.21 bits per heavy atom. The summed E-state index contributed by atoms with van der Waals surface area (Å²) >= 11 is 2.30. The smallest absolute Gasteiger partial charge is 0.232 e. The molecule has 1 aliphatic rings. The van der Waals surface area contributed by atoms with Crippen molar-refractivity contribution in [2.45, 2.75) is 27.2 Å². The summed E-state index contributed by atoms with van der Waals surface area (Å²) in [4.78, 5) is 12.6. The van der Waals surface area contributed by atoms with Crippen LogP contribution in [0, 0.1) is 21.8 Å². The molecule has 0 radical (unpaired) electrons. The van der Waals surface area contributed by atoms with E-state index in [-0.39, 0.29) is 11.3 Å². The van der Waals surface area contributed by atoms with Crippen LogP contribution in [0.25, 0.3) is 0 Å². The fourth-order valence-corrected chi connectivity index (χ4v) is 3.10. The van der Waals surface area contributed by atoms with E-state index in [1.54, 1.807) is 0 Å². The highest BCUT2D eigenvalue weighted by atomic mass is 127. The van der Waals surface area contributed by atoms with Gasteiger partial charge in [-0.15, -0.1) is 0 Å². The third-order valence-electron chi connectivity index (χ3n) is 4.18. The van der Waals surface area contributed by atoms with Gasteiger partial charge in [0.15, 0.2) is 0 Å². The predicted octanol–water partition coefficient (Wildman–Crippen LogP) is 3.17. The minimum absolute atomic E-state index is 0.146. The molecule has 2 N–H and O–H groups in total. The van der Waals surface area contributed by atoms with Gasteiger partial charge in [-0.3, -0.25) is 4.79 Å². The van der Waals surface area contributed by atoms with Crippen LogP contribution in [-0.2, 0) is 4.79 Å². The Morgan fingerprint density at radius 3 is 2.74 bits per heavy atom. The fraction of sp³-hybridized carbons (Fsp3) is 0.533. The first-order valence-electron chi connectivity index (χ1n) is 6.74. The Labute approximate surface area is 128 Å². The number of carbonyl (C=O) groups excluding carboxylic acids is 1. The van der Waals surface area contributed by atoms with Gasteiger partial charge in [-0.2, -0.15) is 0 Å². The highest BCUT2D eigenvalue weighted by Crippen LogP contribution is 2.35. The Hall–Kier alpha value is -0.620. The SMILES string of the molecule is Cc1ccc(NC(=O)C2(C(C)C)CCNC2)cc1I. The molecule has 2 rings (SSSR count). The molecule has 1 aliphatic heterocycles. The van der Waals surface area contributed by atoms with Gasteiger partial charge in [0.2, 0.25) is 5.91 Å². The molecule has 0 aliphatic carbocycles. The quantitative estimate of drug-likeness (QED) is 0.801. The molecule has 1 saturated heterocycles. The van der Waals surface area contributed by atoms with Crippen molar-refractivity contribution < 1.29 is 4.79 Å². The van der Waals surface area contributed by atoms with E-state index in [0.717, 1.165) is 25.2 Å². The van der Waals surface area contributed by atoms with Crippen molar-refractivity contribution in [3.63, 3.8) is 0 Å². The highest BCUT2D eigenvalue weighted by molar-refractivity contribution is 14.1. The molecule has 0 bridgehead atoms. The van der Waals surface area contributed by atoms with Crippen molar-refractivity contribution in [2.75, 3.05) is 18.4 Å². The summed E-state index contributed by atoms with van der Waals surface area (Å²) in [5, 5.41) is 6.41. The molecular weight excluding hydrogens is 351 g/mol. The average Bonchev–Trinajstić information content (AvgIpc) is 2.84. The minimum atomic E-state index is -0.268. The van der Waals surface area contributed by atoms with E-state index in [9.17, 15) is 4.79 Å². The van der Waals surface area contributed by atoms with E-state index < -0.39 is 0 Å². The molecule has 19 heavy (non-hydrogen) atoms. The Morgan fingerprint density at radius 1 is 1.47 bits per heavy atom. The number of anilines is 1. The molecule has 1 unspecified atom stereocenters. The molecule has 1 amide bonds. The number of carbonyl (C=O) groups is 1. The van der Waals surface area contributed by atoms with Crippen LogP contribution in [-0.4, -0.2) is 19.0 Å². The van der Waals surface area contributed by atoms with E-state index in [1.807, 2.05) is 18.2 Å². The zero-order valence-corrected chi connectivity index (χ0v) is 13.9. The van der Waals surface area contributed by atoms with Crippen molar-refractivity contribution >= 4 is 34.2 Å². The van der Waals surface area contributed by atoms with E-state index in [2.05, 4.69) is 54.0 Å². The lowest BCUT2D eigenvalue weighted by atomic mass is 9.75. The van der Waals surface area contributed by atoms with Crippen LogP contribution >= 0.6 is 22.6 Å². The molecule has 0 saturated carbocycles. The molecule has 104 valence electrons. The van der Waals surface area contributed by atoms with E-state index >= 15 is 0 Å². The van der Waals surface area contributed by atoms with Crippen LogP contribution in [0.5, 0.6) is 0 Å². The molecule has 4 heteroatoms. The third kappa shape index (κ3) is 2.94. The number of rotatable bonds is 3. The van der Waals surface area contributed by atoms with Crippen LogP contribution in [0.15, 0.2) is 18.2 Å². The molecule has 1 aromatic carbocycles. The largest absolute Gasteiger partial charge is 0.326 e. The summed E-state index contributed by atoms with van der Waals surface area (Å²) in [7, 11) is 0. The second-order valence-electron chi connectivity index (χ2n) is 5.66. The molecule has 1 fully saturated rings. The fourth-order valence-electron chi connectivity index (χ4n) is 2.59. The Balaban J connectivity index is 2.17. The van der Waals surface area contributed by atoms with Crippen LogP contribution in [0.4, 0.5) is 5.69 Å². The lowest BCUT2D eigenvalue weighted by molar-refractivity contribution is -0.126. The zero-order valence-electron chi connectivity index (χ0n) is 11.7. The summed E-state index contributed by atoms with van der Waals surface area (Å²) in [5.41, 5.74) is 1.86. The summed E-state index contributed by atoms with van der Waals surface area (Å²) in [6.45, 7) is 8.04. The summed E-state index contributed by atoms with van der Waals surface area (Å²) in [6.07, 6.45) is 0.916. The number of benzene rings is 1. The molecule has 0 spiro atoms. The van der Waals surface area contributed by atoms with Gasteiger partial charge in [-0.25, -0.2) is 0 Å². The third-order valence-corrected chi connectivity index (χ3v) is 5.34. The van der Waals surface area contributed by atoms with Crippen molar-refractivity contribution in [3.05, 3.63) is 27.3 Å². The first-order valence-corrected chi connectivity index (χ1v) is 7.82. The molecule has 3 nitrogen and oxygen atoms in total. The van der Waals surface area contributed by atoms with Gasteiger partial charge in [0.25, 0.3) is 0 Å². The van der Waals surface area contributed by atoms with E-state index in [0.29, 0.717) is 5.92 Å². The lowest BCUT2D eigenvalue weighted by Gasteiger charge is -2.31. The zero-order chi connectivity index (χ0) is 14.0. The van der Waals surface area contributed by atoms with Gasteiger partial charge in [-0.1, -0.05) is 19.9 Å². The van der Waals surface area contributed by atoms with Gasteiger partial charge in [0.05, 0.1) is 5.41 Å². The van der Waals surface area contributed by atoms with Crippen LogP contribution in [0.3, 0.4) is 0 Å². The summed E-state index contributed by atoms with van der Waals surface area (Å²) in [6, 6.07) is 6.06. The van der Waals surface area contributed by atoms with Gasteiger partial charge < -0.3 is 10.6 Å². The average molecular weight is 372 g/mol. The number of hydrogen-bond acceptors (Lipinski definition) is 2. The molecule has 1 atom stereocenters. The van der Waals surface area contributed by atoms with Crippen LogP contribution < -0.4 is 10.6 Å². The van der Waals surface area contributed by atoms with Crippen molar-refractivity contribution in [1.82, 2.24) is 5.32 Å². The number of aryl methyl sites for hydroxylation is 1. The summed E-state index contributed by atoms with van der Waals surface area (Å²) in [5.74, 6) is 0.485. The number of nitrogens with one attached hydrogen (secondary N) is 2. The summed E-state index contributed by atoms with van der Waals surface area (Å²) < 4.78 is 1.18. The maximum absolute atomic E-state index is 12.6. The van der Waals surface area contributed by atoms with Crippen molar-refractivity contribution in [3.8, 4) is 0 Å². The number of halogens is 1. The predicted molar refractivity (Wildman–Crippen MR) is 87.3 cm³/mol. The molecular formula is C15H21IN2O. The molecule has 0 aromatic heterocycles. The van der Waals surface area contributed by atoms with Gasteiger partial charge >= 0.3 is 0 Å². The maximum atomic E-state index is 12.6. The van der Waals surface area contributed by atoms with Gasteiger partial charge in [0, 0.05) is 15.8 Å². The van der Waals surface area contributed by atoms with Crippen LogP contribution in [0.1, 0.15) is 25.8 Å². The molecule has 1 heterocycles. The second kappa shape index (κ2) is 5.79. The standard InChI is InChI=1S/C15H21IN2O/c1-10(2)15(6-7-17-9-15)14(19)18-12-5-4-11(3)13(16)8-12/h4-5,8,10,17H,6-7,9H2,1-3H3,(H,18,19). The minimum Gasteiger partial charge on any atom is -0.326 e. The lowest BCUT2D eigenvalue weighted by Crippen LogP contribution is -2.42. The first kappa shape index (κ1) is 14.8. The monoisotopic (exact) mass is 372 g/mol. The maximum Gasteiger partial charge on any atom is 0.232 e. The van der Waals surface area contributed by atoms with Crippen LogP contribution in [0.2, 0.25) is 0 Å². The van der Waals surface area contributed by atoms with Gasteiger partial charge in [-0.05, 0) is 66.1 Å². The topological polar surface area (TPSA) is 41.1 Å². The Kier molecular flexibility index (Phi) is 4.50. The van der Waals surface area contributed by atoms with Gasteiger partial charge in [0.1, 0.15) is 0 Å². The normalized spacial score (nSPS) is 22.8. The van der Waals surface area contributed by atoms with Crippen molar-refractivity contribution in [2.24, 2.45) is 11.3 Å². The van der Waals surface area contributed by atoms with Crippen molar-refractivity contribution in [1.29, 1.82) is 0 Å². The van der Waals surface area contributed by atoms with E-state index in [1.165, 1.54) is 9.13 Å². The first-order chi connectivity index (χ1) is 8.95. The highest BCUT2D eigenvalue weighted by Gasteiger charge is 2.43. The Bertz CT molecular complexity index is 479.